The highest BCUT2D eigenvalue weighted by Crippen LogP contribution is 2.20. The fraction of sp³-hybridized carbons (Fsp3) is 0.300. The van der Waals surface area contributed by atoms with Crippen LogP contribution < -0.4 is 10.6 Å². The van der Waals surface area contributed by atoms with Crippen molar-refractivity contribution in [3.8, 4) is 11.3 Å². The number of halogens is 1. The van der Waals surface area contributed by atoms with Crippen LogP contribution in [-0.2, 0) is 6.54 Å². The molecule has 2 amide bonds. The first-order valence-corrected chi connectivity index (χ1v) is 9.35. The number of hydrogen-bond acceptors (Lipinski definition) is 4. The second-order valence-electron chi connectivity index (χ2n) is 6.98. The second-order valence-corrected chi connectivity index (χ2v) is 6.98. The minimum Gasteiger partial charge on any atom is -0.350 e. The van der Waals surface area contributed by atoms with E-state index in [-0.39, 0.29) is 23.1 Å². The molecule has 0 saturated heterocycles. The SMILES string of the molecule is CCn1cc(NC(=O)c2cc(-c3ccc(F)cc3)n[nH]2)c(C(=O)NCC(C)C)n1. The number of benzene rings is 1. The molecule has 0 spiro atoms. The minimum atomic E-state index is -0.459. The summed E-state index contributed by atoms with van der Waals surface area (Å²) in [6.07, 6.45) is 1.61. The molecule has 8 nitrogen and oxygen atoms in total. The molecule has 29 heavy (non-hydrogen) atoms. The maximum Gasteiger partial charge on any atom is 0.273 e. The summed E-state index contributed by atoms with van der Waals surface area (Å²) in [5, 5.41) is 16.5. The Hall–Kier alpha value is -3.49. The number of nitrogens with one attached hydrogen (secondary N) is 3. The maximum absolute atomic E-state index is 13.1. The van der Waals surface area contributed by atoms with Crippen LogP contribution in [0.3, 0.4) is 0 Å². The lowest BCUT2D eigenvalue weighted by Crippen LogP contribution is -2.28. The normalized spacial score (nSPS) is 10.9. The Kier molecular flexibility index (Phi) is 6.06. The van der Waals surface area contributed by atoms with E-state index in [0.29, 0.717) is 36.0 Å². The van der Waals surface area contributed by atoms with Gasteiger partial charge in [0.2, 0.25) is 0 Å². The van der Waals surface area contributed by atoms with Crippen LogP contribution >= 0.6 is 0 Å². The summed E-state index contributed by atoms with van der Waals surface area (Å²) in [5.74, 6) is -0.865. The van der Waals surface area contributed by atoms with E-state index in [4.69, 9.17) is 0 Å². The van der Waals surface area contributed by atoms with Gasteiger partial charge in [-0.05, 0) is 43.2 Å². The number of H-pyrrole nitrogens is 1. The lowest BCUT2D eigenvalue weighted by atomic mass is 10.1. The predicted octanol–water partition coefficient (Wildman–Crippen LogP) is 3.07. The molecule has 152 valence electrons. The standard InChI is InChI=1S/C20H23FN6O2/c1-4-27-11-17(18(26-27)20(29)22-10-12(2)3)23-19(28)16-9-15(24-25-16)13-5-7-14(21)8-6-13/h5-9,11-12H,4,10H2,1-3H3,(H,22,29)(H,23,28)(H,24,25). The van der Waals surface area contributed by atoms with Gasteiger partial charge in [0.05, 0.1) is 11.4 Å². The van der Waals surface area contributed by atoms with Crippen LogP contribution in [0.15, 0.2) is 36.5 Å². The number of anilines is 1. The summed E-state index contributed by atoms with van der Waals surface area (Å²) in [5.41, 5.74) is 1.86. The highest BCUT2D eigenvalue weighted by molar-refractivity contribution is 6.07. The van der Waals surface area contributed by atoms with E-state index in [1.165, 1.54) is 12.1 Å². The van der Waals surface area contributed by atoms with Gasteiger partial charge in [-0.1, -0.05) is 13.8 Å². The molecule has 2 aromatic heterocycles. The highest BCUT2D eigenvalue weighted by atomic mass is 19.1. The van der Waals surface area contributed by atoms with E-state index >= 15 is 0 Å². The van der Waals surface area contributed by atoms with Crippen molar-refractivity contribution in [2.24, 2.45) is 5.92 Å². The average Bonchev–Trinajstić information content (AvgIpc) is 3.34. The fourth-order valence-electron chi connectivity index (χ4n) is 2.62. The van der Waals surface area contributed by atoms with E-state index in [1.54, 1.807) is 29.1 Å². The van der Waals surface area contributed by atoms with Gasteiger partial charge in [-0.15, -0.1) is 0 Å². The molecule has 2 heterocycles. The molecule has 0 atom stereocenters. The van der Waals surface area contributed by atoms with Gasteiger partial charge in [0.1, 0.15) is 11.5 Å². The zero-order valence-corrected chi connectivity index (χ0v) is 16.5. The fourth-order valence-corrected chi connectivity index (χ4v) is 2.62. The molecule has 3 rings (SSSR count). The smallest absolute Gasteiger partial charge is 0.273 e. The van der Waals surface area contributed by atoms with Crippen LogP contribution in [-0.4, -0.2) is 38.3 Å². The third kappa shape index (κ3) is 4.87. The Morgan fingerprint density at radius 1 is 1.21 bits per heavy atom. The molecule has 9 heteroatoms. The van der Waals surface area contributed by atoms with E-state index in [0.717, 1.165) is 0 Å². The van der Waals surface area contributed by atoms with Crippen molar-refractivity contribution in [2.75, 3.05) is 11.9 Å². The van der Waals surface area contributed by atoms with Gasteiger partial charge in [0.15, 0.2) is 5.69 Å². The van der Waals surface area contributed by atoms with Crippen molar-refractivity contribution in [3.63, 3.8) is 0 Å². The number of rotatable bonds is 7. The van der Waals surface area contributed by atoms with E-state index in [1.807, 2.05) is 20.8 Å². The number of aryl methyl sites for hydroxylation is 1. The monoisotopic (exact) mass is 398 g/mol. The first kappa shape index (κ1) is 20.2. The van der Waals surface area contributed by atoms with Gasteiger partial charge in [-0.25, -0.2) is 4.39 Å². The summed E-state index contributed by atoms with van der Waals surface area (Å²) in [6.45, 7) is 6.93. The number of aromatic amines is 1. The lowest BCUT2D eigenvalue weighted by Gasteiger charge is -2.07. The molecule has 0 aliphatic carbocycles. The van der Waals surface area contributed by atoms with E-state index in [2.05, 4.69) is 25.9 Å². The van der Waals surface area contributed by atoms with Crippen molar-refractivity contribution in [3.05, 3.63) is 53.7 Å². The molecule has 1 aromatic carbocycles. The van der Waals surface area contributed by atoms with Crippen LogP contribution in [0.2, 0.25) is 0 Å². The summed E-state index contributed by atoms with van der Waals surface area (Å²) in [4.78, 5) is 25.1. The van der Waals surface area contributed by atoms with Crippen molar-refractivity contribution in [2.45, 2.75) is 27.3 Å². The Bertz CT molecular complexity index is 1010. The molecular formula is C20H23FN6O2. The molecule has 0 saturated carbocycles. The molecule has 0 unspecified atom stereocenters. The quantitative estimate of drug-likeness (QED) is 0.569. The van der Waals surface area contributed by atoms with Crippen LogP contribution in [0.25, 0.3) is 11.3 Å². The van der Waals surface area contributed by atoms with Crippen molar-refractivity contribution < 1.29 is 14.0 Å². The van der Waals surface area contributed by atoms with Crippen molar-refractivity contribution in [1.82, 2.24) is 25.3 Å². The number of amides is 2. The molecule has 0 aliphatic heterocycles. The average molecular weight is 398 g/mol. The number of hydrogen-bond donors (Lipinski definition) is 3. The Labute approximate surface area is 167 Å². The Morgan fingerprint density at radius 3 is 2.59 bits per heavy atom. The minimum absolute atomic E-state index is 0.152. The maximum atomic E-state index is 13.1. The third-order valence-corrected chi connectivity index (χ3v) is 4.18. The van der Waals surface area contributed by atoms with Crippen molar-refractivity contribution >= 4 is 17.5 Å². The molecule has 0 radical (unpaired) electrons. The molecule has 0 bridgehead atoms. The lowest BCUT2D eigenvalue weighted by molar-refractivity contribution is 0.0944. The van der Waals surface area contributed by atoms with E-state index < -0.39 is 5.91 Å². The van der Waals surface area contributed by atoms with Gasteiger partial charge in [-0.3, -0.25) is 19.4 Å². The summed E-state index contributed by atoms with van der Waals surface area (Å²) < 4.78 is 14.7. The summed E-state index contributed by atoms with van der Waals surface area (Å²) in [7, 11) is 0. The number of carbonyl (C=O) groups excluding carboxylic acids is 2. The van der Waals surface area contributed by atoms with Gasteiger partial charge in [0.25, 0.3) is 11.8 Å². The Balaban J connectivity index is 1.77. The van der Waals surface area contributed by atoms with Gasteiger partial charge in [0, 0.05) is 24.8 Å². The first-order chi connectivity index (χ1) is 13.9. The second kappa shape index (κ2) is 8.68. The van der Waals surface area contributed by atoms with Crippen LogP contribution in [0.4, 0.5) is 10.1 Å². The van der Waals surface area contributed by atoms with Gasteiger partial charge < -0.3 is 10.6 Å². The molecular weight excluding hydrogens is 375 g/mol. The molecule has 0 aliphatic rings. The van der Waals surface area contributed by atoms with Crippen LogP contribution in [0.1, 0.15) is 41.7 Å². The number of carbonyl (C=O) groups is 2. The summed E-state index contributed by atoms with van der Waals surface area (Å²) >= 11 is 0. The Morgan fingerprint density at radius 2 is 1.93 bits per heavy atom. The number of aromatic nitrogens is 4. The van der Waals surface area contributed by atoms with E-state index in [9.17, 15) is 14.0 Å². The van der Waals surface area contributed by atoms with Gasteiger partial charge >= 0.3 is 0 Å². The van der Waals surface area contributed by atoms with Gasteiger partial charge in [-0.2, -0.15) is 10.2 Å². The van der Waals surface area contributed by atoms with Crippen LogP contribution in [0.5, 0.6) is 0 Å². The third-order valence-electron chi connectivity index (χ3n) is 4.18. The highest BCUT2D eigenvalue weighted by Gasteiger charge is 2.20. The predicted molar refractivity (Wildman–Crippen MR) is 107 cm³/mol. The number of nitrogens with zero attached hydrogens (tertiary/aromatic N) is 3. The molecule has 3 N–H and O–H groups in total. The largest absolute Gasteiger partial charge is 0.350 e. The molecule has 3 aromatic rings. The molecule has 0 fully saturated rings. The first-order valence-electron chi connectivity index (χ1n) is 9.35. The van der Waals surface area contributed by atoms with Crippen LogP contribution in [0, 0.1) is 11.7 Å². The van der Waals surface area contributed by atoms with Crippen molar-refractivity contribution in [1.29, 1.82) is 0 Å². The zero-order chi connectivity index (χ0) is 21.0. The topological polar surface area (TPSA) is 105 Å². The summed E-state index contributed by atoms with van der Waals surface area (Å²) in [6, 6.07) is 7.37. The zero-order valence-electron chi connectivity index (χ0n) is 16.5.